The van der Waals surface area contributed by atoms with Crippen LogP contribution in [0.4, 0.5) is 13.2 Å². The molecular weight excluding hydrogens is 361 g/mol. The highest BCUT2D eigenvalue weighted by atomic mass is 19.4. The Bertz CT molecular complexity index is 794. The van der Waals surface area contributed by atoms with Crippen LogP contribution in [0, 0.1) is 6.92 Å². The van der Waals surface area contributed by atoms with E-state index in [0.29, 0.717) is 25.4 Å². The number of benzene rings is 1. The number of carbonyl (C=O) groups excluding carboxylic acids is 1. The number of likely N-dealkylation sites (tertiary alicyclic amines) is 1. The predicted octanol–water partition coefficient (Wildman–Crippen LogP) is 3.47. The van der Waals surface area contributed by atoms with E-state index in [1.807, 2.05) is 13.0 Å². The molecule has 8 heteroatoms. The van der Waals surface area contributed by atoms with Crippen LogP contribution in [-0.4, -0.2) is 41.6 Å². The van der Waals surface area contributed by atoms with Gasteiger partial charge in [0.1, 0.15) is 11.9 Å². The molecule has 2 aromatic rings. The van der Waals surface area contributed by atoms with Crippen molar-refractivity contribution in [2.45, 2.75) is 25.6 Å². The predicted molar refractivity (Wildman–Crippen MR) is 91.5 cm³/mol. The number of pyridine rings is 1. The number of alkyl halides is 3. The number of aryl methyl sites for hydroxylation is 1. The van der Waals surface area contributed by atoms with E-state index in [9.17, 15) is 18.0 Å². The van der Waals surface area contributed by atoms with Gasteiger partial charge in [0.2, 0.25) is 5.88 Å². The molecule has 0 N–H and O–H groups in total. The molecule has 0 bridgehead atoms. The lowest BCUT2D eigenvalue weighted by Crippen LogP contribution is -2.34. The number of hydrogen-bond acceptors (Lipinski definition) is 4. The molecule has 0 saturated carbocycles. The lowest BCUT2D eigenvalue weighted by molar-refractivity contribution is -0.137. The van der Waals surface area contributed by atoms with Crippen molar-refractivity contribution in [2.75, 3.05) is 19.7 Å². The zero-order valence-corrected chi connectivity index (χ0v) is 14.7. The Kier molecular flexibility index (Phi) is 5.53. The zero-order valence-electron chi connectivity index (χ0n) is 14.7. The molecule has 1 aliphatic rings. The standard InChI is InChI=1S/C19H19F3N2O3/c1-13-5-6-17(23-10-13)27-16-7-8-24(11-16)18(25)12-26-15-4-2-3-14(9-15)19(20,21)22/h2-6,9-10,16H,7-8,11-12H2,1H3. The van der Waals surface area contributed by atoms with E-state index in [2.05, 4.69) is 4.98 Å². The molecule has 0 radical (unpaired) electrons. The van der Waals surface area contributed by atoms with Crippen LogP contribution in [0.25, 0.3) is 0 Å². The number of halogens is 3. The number of aromatic nitrogens is 1. The first-order valence-corrected chi connectivity index (χ1v) is 8.48. The van der Waals surface area contributed by atoms with Crippen LogP contribution in [0.2, 0.25) is 0 Å². The average molecular weight is 380 g/mol. The van der Waals surface area contributed by atoms with E-state index in [4.69, 9.17) is 9.47 Å². The van der Waals surface area contributed by atoms with Gasteiger partial charge in [-0.05, 0) is 30.7 Å². The summed E-state index contributed by atoms with van der Waals surface area (Å²) in [6.45, 7) is 2.50. The van der Waals surface area contributed by atoms with Crippen molar-refractivity contribution in [1.29, 1.82) is 0 Å². The molecule has 0 aliphatic carbocycles. The number of nitrogens with zero attached hydrogens (tertiary/aromatic N) is 2. The largest absolute Gasteiger partial charge is 0.484 e. The van der Waals surface area contributed by atoms with Gasteiger partial charge in [-0.25, -0.2) is 4.98 Å². The summed E-state index contributed by atoms with van der Waals surface area (Å²) in [6.07, 6.45) is -2.26. The summed E-state index contributed by atoms with van der Waals surface area (Å²) in [5.74, 6) is 0.213. The summed E-state index contributed by atoms with van der Waals surface area (Å²) < 4.78 is 49.1. The minimum atomic E-state index is -4.45. The average Bonchev–Trinajstić information content (AvgIpc) is 3.10. The summed E-state index contributed by atoms with van der Waals surface area (Å²) in [6, 6.07) is 8.14. The summed E-state index contributed by atoms with van der Waals surface area (Å²) in [7, 11) is 0. The first kappa shape index (κ1) is 19.0. The Hall–Kier alpha value is -2.77. The lowest BCUT2D eigenvalue weighted by Gasteiger charge is -2.17. The highest BCUT2D eigenvalue weighted by Gasteiger charge is 2.31. The molecule has 5 nitrogen and oxygen atoms in total. The Morgan fingerprint density at radius 3 is 2.81 bits per heavy atom. The third-order valence-electron chi connectivity index (χ3n) is 4.19. The number of ether oxygens (including phenoxy) is 2. The summed E-state index contributed by atoms with van der Waals surface area (Å²) in [5.41, 5.74) is 0.213. The molecule has 1 atom stereocenters. The maximum Gasteiger partial charge on any atom is 0.416 e. The number of hydrogen-bond donors (Lipinski definition) is 0. The van der Waals surface area contributed by atoms with Crippen LogP contribution in [0.1, 0.15) is 17.5 Å². The molecule has 1 amide bonds. The SMILES string of the molecule is Cc1ccc(OC2CCN(C(=O)COc3cccc(C(F)(F)F)c3)C2)nc1. The van der Waals surface area contributed by atoms with Crippen LogP contribution in [-0.2, 0) is 11.0 Å². The number of amides is 1. The molecule has 2 heterocycles. The molecule has 0 spiro atoms. The van der Waals surface area contributed by atoms with Gasteiger partial charge >= 0.3 is 6.18 Å². The van der Waals surface area contributed by atoms with Gasteiger partial charge in [0.25, 0.3) is 5.91 Å². The van der Waals surface area contributed by atoms with Crippen molar-refractivity contribution in [3.63, 3.8) is 0 Å². The van der Waals surface area contributed by atoms with E-state index < -0.39 is 11.7 Å². The monoisotopic (exact) mass is 380 g/mol. The number of carbonyl (C=O) groups is 1. The molecule has 1 aromatic carbocycles. The highest BCUT2D eigenvalue weighted by molar-refractivity contribution is 5.78. The smallest absolute Gasteiger partial charge is 0.416 e. The van der Waals surface area contributed by atoms with Gasteiger partial charge in [-0.3, -0.25) is 4.79 Å². The summed E-state index contributed by atoms with van der Waals surface area (Å²) in [5, 5.41) is 0. The summed E-state index contributed by atoms with van der Waals surface area (Å²) >= 11 is 0. The third kappa shape index (κ3) is 5.12. The van der Waals surface area contributed by atoms with Gasteiger partial charge in [0.05, 0.1) is 12.1 Å². The molecule has 1 aliphatic heterocycles. The normalized spacial score (nSPS) is 17.0. The van der Waals surface area contributed by atoms with E-state index in [-0.39, 0.29) is 24.4 Å². The van der Waals surface area contributed by atoms with Gasteiger partial charge in [0.15, 0.2) is 6.61 Å². The van der Waals surface area contributed by atoms with Crippen molar-refractivity contribution < 1.29 is 27.4 Å². The van der Waals surface area contributed by atoms with Crippen molar-refractivity contribution in [2.24, 2.45) is 0 Å². The second-order valence-corrected chi connectivity index (χ2v) is 6.36. The highest BCUT2D eigenvalue weighted by Crippen LogP contribution is 2.31. The fourth-order valence-corrected chi connectivity index (χ4v) is 2.74. The molecule has 27 heavy (non-hydrogen) atoms. The van der Waals surface area contributed by atoms with E-state index in [1.165, 1.54) is 12.1 Å². The fraction of sp³-hybridized carbons (Fsp3) is 0.368. The van der Waals surface area contributed by atoms with Crippen molar-refractivity contribution in [1.82, 2.24) is 9.88 Å². The van der Waals surface area contributed by atoms with Gasteiger partial charge < -0.3 is 14.4 Å². The zero-order chi connectivity index (χ0) is 19.4. The van der Waals surface area contributed by atoms with E-state index in [1.54, 1.807) is 17.2 Å². The van der Waals surface area contributed by atoms with Crippen molar-refractivity contribution in [3.05, 3.63) is 53.7 Å². The molecule has 1 aromatic heterocycles. The minimum Gasteiger partial charge on any atom is -0.484 e. The maximum atomic E-state index is 12.7. The Morgan fingerprint density at radius 2 is 2.11 bits per heavy atom. The second-order valence-electron chi connectivity index (χ2n) is 6.36. The van der Waals surface area contributed by atoms with E-state index in [0.717, 1.165) is 17.7 Å². The van der Waals surface area contributed by atoms with Gasteiger partial charge in [0, 0.05) is 25.2 Å². The first-order valence-electron chi connectivity index (χ1n) is 8.48. The molecule has 1 saturated heterocycles. The third-order valence-corrected chi connectivity index (χ3v) is 4.19. The molecule has 144 valence electrons. The maximum absolute atomic E-state index is 12.7. The minimum absolute atomic E-state index is 0.00836. The Morgan fingerprint density at radius 1 is 1.30 bits per heavy atom. The quantitative estimate of drug-likeness (QED) is 0.797. The topological polar surface area (TPSA) is 51.7 Å². The van der Waals surface area contributed by atoms with E-state index >= 15 is 0 Å². The molecular formula is C19H19F3N2O3. The molecule has 1 unspecified atom stereocenters. The van der Waals surface area contributed by atoms with Gasteiger partial charge in [-0.2, -0.15) is 13.2 Å². The first-order chi connectivity index (χ1) is 12.8. The Balaban J connectivity index is 1.50. The van der Waals surface area contributed by atoms with Crippen LogP contribution in [0.3, 0.4) is 0 Å². The van der Waals surface area contributed by atoms with Gasteiger partial charge in [-0.1, -0.05) is 12.1 Å². The Labute approximate surface area is 154 Å². The van der Waals surface area contributed by atoms with Crippen LogP contribution < -0.4 is 9.47 Å². The van der Waals surface area contributed by atoms with Crippen LogP contribution in [0.5, 0.6) is 11.6 Å². The summed E-state index contributed by atoms with van der Waals surface area (Å²) in [4.78, 5) is 18.0. The molecule has 3 rings (SSSR count). The second kappa shape index (κ2) is 7.85. The number of rotatable bonds is 5. The molecule has 1 fully saturated rings. The lowest BCUT2D eigenvalue weighted by atomic mass is 10.2. The van der Waals surface area contributed by atoms with Crippen LogP contribution in [0.15, 0.2) is 42.6 Å². The van der Waals surface area contributed by atoms with Crippen molar-refractivity contribution >= 4 is 5.91 Å². The van der Waals surface area contributed by atoms with Crippen molar-refractivity contribution in [3.8, 4) is 11.6 Å². The van der Waals surface area contributed by atoms with Crippen LogP contribution >= 0.6 is 0 Å². The fourth-order valence-electron chi connectivity index (χ4n) is 2.74. The van der Waals surface area contributed by atoms with Gasteiger partial charge in [-0.15, -0.1) is 0 Å².